The molecule has 1 saturated heterocycles. The summed E-state index contributed by atoms with van der Waals surface area (Å²) < 4.78 is 0. The monoisotopic (exact) mass is 232 g/mol. The molecule has 0 radical (unpaired) electrons. The van der Waals surface area contributed by atoms with Gasteiger partial charge in [-0.1, -0.05) is 12.1 Å². The van der Waals surface area contributed by atoms with Gasteiger partial charge in [-0.2, -0.15) is 17.0 Å². The zero-order valence-electron chi connectivity index (χ0n) is 9.66. The largest absolute Gasteiger partial charge is 0.366 e. The van der Waals surface area contributed by atoms with E-state index in [1.54, 1.807) is 0 Å². The fourth-order valence-corrected chi connectivity index (χ4v) is 3.37. The van der Waals surface area contributed by atoms with E-state index in [2.05, 4.69) is 37.4 Å². The molecule has 2 atom stereocenters. The molecule has 0 aromatic heterocycles. The van der Waals surface area contributed by atoms with Crippen molar-refractivity contribution in [3.63, 3.8) is 0 Å². The molecule has 1 N–H and O–H groups in total. The minimum Gasteiger partial charge on any atom is -0.366 e. The molecular formula is C13H16N2S. The number of aryl methyl sites for hydroxylation is 1. The van der Waals surface area contributed by atoms with Crippen molar-refractivity contribution in [2.45, 2.75) is 31.1 Å². The summed E-state index contributed by atoms with van der Waals surface area (Å²) in [5.41, 5.74) is 1.88. The van der Waals surface area contributed by atoms with Gasteiger partial charge in [-0.15, -0.1) is 0 Å². The van der Waals surface area contributed by atoms with Crippen LogP contribution in [0.1, 0.15) is 18.9 Å². The number of thioether (sulfide) groups is 1. The molecule has 2 nitrogen and oxygen atoms in total. The van der Waals surface area contributed by atoms with Gasteiger partial charge in [0.05, 0.1) is 6.07 Å². The van der Waals surface area contributed by atoms with Crippen molar-refractivity contribution < 1.29 is 0 Å². The van der Waals surface area contributed by atoms with Gasteiger partial charge in [-0.3, -0.25) is 0 Å². The van der Waals surface area contributed by atoms with Gasteiger partial charge in [0.15, 0.2) is 0 Å². The topological polar surface area (TPSA) is 35.8 Å². The van der Waals surface area contributed by atoms with Gasteiger partial charge in [0, 0.05) is 10.9 Å². The van der Waals surface area contributed by atoms with Gasteiger partial charge in [-0.25, -0.2) is 0 Å². The predicted octanol–water partition coefficient (Wildman–Crippen LogP) is 3.19. The summed E-state index contributed by atoms with van der Waals surface area (Å²) in [4.78, 5) is 0. The van der Waals surface area contributed by atoms with Crippen LogP contribution in [0.2, 0.25) is 0 Å². The smallest absolute Gasteiger partial charge is 0.137 e. The summed E-state index contributed by atoms with van der Waals surface area (Å²) in [6.07, 6.45) is 0.920. The van der Waals surface area contributed by atoms with E-state index in [1.807, 2.05) is 23.9 Å². The summed E-state index contributed by atoms with van der Waals surface area (Å²) in [6.45, 7) is 4.20. The van der Waals surface area contributed by atoms with Gasteiger partial charge in [0.25, 0.3) is 0 Å². The number of hydrogen-bond acceptors (Lipinski definition) is 3. The summed E-state index contributed by atoms with van der Waals surface area (Å²) in [6, 6.07) is 10.7. The SMILES string of the molecule is Cc1cccc(NC2(C#N)CCSC2C)c1. The summed E-state index contributed by atoms with van der Waals surface area (Å²) in [7, 11) is 0. The quantitative estimate of drug-likeness (QED) is 0.850. The van der Waals surface area contributed by atoms with E-state index in [-0.39, 0.29) is 0 Å². The zero-order valence-corrected chi connectivity index (χ0v) is 10.5. The Morgan fingerprint density at radius 2 is 2.38 bits per heavy atom. The number of nitrogens with one attached hydrogen (secondary N) is 1. The first-order valence-electron chi connectivity index (χ1n) is 5.54. The molecule has 1 aromatic carbocycles. The van der Waals surface area contributed by atoms with Crippen molar-refractivity contribution >= 4 is 17.4 Å². The lowest BCUT2D eigenvalue weighted by molar-refractivity contribution is 0.592. The van der Waals surface area contributed by atoms with Crippen LogP contribution in [0.4, 0.5) is 5.69 Å². The molecule has 1 aliphatic heterocycles. The Kier molecular flexibility index (Phi) is 3.11. The number of nitrogens with zero attached hydrogens (tertiary/aromatic N) is 1. The van der Waals surface area contributed by atoms with Crippen LogP contribution in [0.25, 0.3) is 0 Å². The molecule has 0 bridgehead atoms. The maximum absolute atomic E-state index is 9.39. The van der Waals surface area contributed by atoms with Crippen molar-refractivity contribution in [2.24, 2.45) is 0 Å². The molecule has 1 heterocycles. The molecule has 0 spiro atoms. The number of nitriles is 1. The second-order valence-electron chi connectivity index (χ2n) is 4.34. The lowest BCUT2D eigenvalue weighted by Crippen LogP contribution is -2.41. The van der Waals surface area contributed by atoms with Crippen molar-refractivity contribution in [3.05, 3.63) is 29.8 Å². The Morgan fingerprint density at radius 1 is 1.56 bits per heavy atom. The van der Waals surface area contributed by atoms with Crippen LogP contribution in [0.3, 0.4) is 0 Å². The van der Waals surface area contributed by atoms with E-state index in [0.717, 1.165) is 17.9 Å². The third kappa shape index (κ3) is 2.03. The van der Waals surface area contributed by atoms with Gasteiger partial charge in [-0.05, 0) is 43.7 Å². The van der Waals surface area contributed by atoms with E-state index >= 15 is 0 Å². The Bertz CT molecular complexity index is 424. The zero-order chi connectivity index (χ0) is 11.6. The molecule has 2 rings (SSSR count). The van der Waals surface area contributed by atoms with Crippen molar-refractivity contribution in [3.8, 4) is 6.07 Å². The fourth-order valence-electron chi connectivity index (χ4n) is 2.06. The number of rotatable bonds is 2. The van der Waals surface area contributed by atoms with E-state index in [9.17, 15) is 5.26 Å². The highest BCUT2D eigenvalue weighted by Crippen LogP contribution is 2.37. The second kappa shape index (κ2) is 4.39. The second-order valence-corrected chi connectivity index (χ2v) is 5.79. The summed E-state index contributed by atoms with van der Waals surface area (Å²) in [5, 5.41) is 13.1. The molecule has 1 fully saturated rings. The van der Waals surface area contributed by atoms with Crippen molar-refractivity contribution in [2.75, 3.05) is 11.1 Å². The van der Waals surface area contributed by atoms with Crippen LogP contribution in [0.5, 0.6) is 0 Å². The van der Waals surface area contributed by atoms with Crippen LogP contribution in [-0.4, -0.2) is 16.5 Å². The third-order valence-corrected chi connectivity index (χ3v) is 4.49. The Labute approximate surface area is 101 Å². The highest BCUT2D eigenvalue weighted by atomic mass is 32.2. The Balaban J connectivity index is 2.23. The first-order valence-corrected chi connectivity index (χ1v) is 6.59. The molecular weight excluding hydrogens is 216 g/mol. The van der Waals surface area contributed by atoms with Crippen LogP contribution >= 0.6 is 11.8 Å². The molecule has 0 amide bonds. The molecule has 0 aliphatic carbocycles. The van der Waals surface area contributed by atoms with Crippen molar-refractivity contribution in [1.29, 1.82) is 5.26 Å². The van der Waals surface area contributed by atoms with Crippen LogP contribution in [0.15, 0.2) is 24.3 Å². The lowest BCUT2D eigenvalue weighted by Gasteiger charge is -2.27. The van der Waals surface area contributed by atoms with E-state index < -0.39 is 5.54 Å². The first kappa shape index (κ1) is 11.3. The van der Waals surface area contributed by atoms with Gasteiger partial charge in [0.1, 0.15) is 5.54 Å². The number of anilines is 1. The van der Waals surface area contributed by atoms with E-state index in [4.69, 9.17) is 0 Å². The minimum absolute atomic E-state index is 0.345. The minimum atomic E-state index is -0.390. The molecule has 1 aromatic rings. The maximum Gasteiger partial charge on any atom is 0.137 e. The van der Waals surface area contributed by atoms with Gasteiger partial charge in [0.2, 0.25) is 0 Å². The standard InChI is InChI=1S/C13H16N2S/c1-10-4-3-5-12(8-10)15-13(9-14)6-7-16-11(13)2/h3-5,8,11,15H,6-7H2,1-2H3. The van der Waals surface area contributed by atoms with E-state index in [1.165, 1.54) is 5.56 Å². The molecule has 3 heteroatoms. The molecule has 2 unspecified atom stereocenters. The van der Waals surface area contributed by atoms with Crippen molar-refractivity contribution in [1.82, 2.24) is 0 Å². The average molecular weight is 232 g/mol. The van der Waals surface area contributed by atoms with Crippen LogP contribution < -0.4 is 5.32 Å². The maximum atomic E-state index is 9.39. The van der Waals surface area contributed by atoms with Crippen LogP contribution in [-0.2, 0) is 0 Å². The number of benzene rings is 1. The highest BCUT2D eigenvalue weighted by molar-refractivity contribution is 8.00. The third-order valence-electron chi connectivity index (χ3n) is 3.14. The average Bonchev–Trinajstić information content (AvgIpc) is 2.61. The summed E-state index contributed by atoms with van der Waals surface area (Å²) >= 11 is 1.87. The fraction of sp³-hybridized carbons (Fsp3) is 0.462. The van der Waals surface area contributed by atoms with Crippen LogP contribution in [0, 0.1) is 18.3 Å². The molecule has 16 heavy (non-hydrogen) atoms. The highest BCUT2D eigenvalue weighted by Gasteiger charge is 2.41. The Hall–Kier alpha value is -1.14. The Morgan fingerprint density at radius 3 is 2.94 bits per heavy atom. The normalized spacial score (nSPS) is 28.7. The van der Waals surface area contributed by atoms with Gasteiger partial charge < -0.3 is 5.32 Å². The summed E-state index contributed by atoms with van der Waals surface area (Å²) in [5.74, 6) is 1.06. The first-order chi connectivity index (χ1) is 7.66. The van der Waals surface area contributed by atoms with Gasteiger partial charge >= 0.3 is 0 Å². The van der Waals surface area contributed by atoms with E-state index in [0.29, 0.717) is 5.25 Å². The molecule has 1 aliphatic rings. The number of hydrogen-bond donors (Lipinski definition) is 1. The predicted molar refractivity (Wildman–Crippen MR) is 69.7 cm³/mol. The molecule has 0 saturated carbocycles. The molecule has 84 valence electrons. The lowest BCUT2D eigenvalue weighted by atomic mass is 9.94.